The molecule has 0 bridgehead atoms. The topological polar surface area (TPSA) is 71.3 Å². The number of hydrogen-bond acceptors (Lipinski definition) is 7. The van der Waals surface area contributed by atoms with Gasteiger partial charge in [-0.1, -0.05) is 0 Å². The molecule has 1 fully saturated rings. The Hall–Kier alpha value is -1.72. The quantitative estimate of drug-likeness (QED) is 0.440. The SMILES string of the molecule is Cc1nnc(CC(=O)N=CC2CCC(CCN3CCc4nc(CCC(F)(F)F)sc4CC3)CC2)s1. The van der Waals surface area contributed by atoms with E-state index in [0.29, 0.717) is 16.8 Å². The van der Waals surface area contributed by atoms with Crippen molar-refractivity contribution in [3.63, 3.8) is 0 Å². The van der Waals surface area contributed by atoms with Crippen molar-refractivity contribution in [2.45, 2.75) is 77.3 Å². The van der Waals surface area contributed by atoms with Crippen LogP contribution in [-0.2, 0) is 30.5 Å². The highest BCUT2D eigenvalue weighted by Crippen LogP contribution is 2.31. The lowest BCUT2D eigenvalue weighted by Crippen LogP contribution is -2.29. The van der Waals surface area contributed by atoms with Crippen LogP contribution in [0.5, 0.6) is 0 Å². The number of aromatic nitrogens is 3. The van der Waals surface area contributed by atoms with Gasteiger partial charge in [-0.25, -0.2) is 9.98 Å². The lowest BCUT2D eigenvalue weighted by atomic mass is 9.81. The molecule has 0 spiro atoms. The van der Waals surface area contributed by atoms with Gasteiger partial charge < -0.3 is 4.90 Å². The Labute approximate surface area is 212 Å². The normalized spacial score (nSPS) is 21.8. The molecule has 1 amide bonds. The summed E-state index contributed by atoms with van der Waals surface area (Å²) in [6, 6.07) is 0. The Bertz CT molecular complexity index is 986. The van der Waals surface area contributed by atoms with Gasteiger partial charge in [0.1, 0.15) is 10.0 Å². The summed E-state index contributed by atoms with van der Waals surface area (Å²) in [6.07, 6.45) is 4.48. The molecule has 0 unspecified atom stereocenters. The summed E-state index contributed by atoms with van der Waals surface area (Å²) in [5.74, 6) is 0.919. The van der Waals surface area contributed by atoms with Crippen LogP contribution in [0.1, 0.15) is 64.1 Å². The van der Waals surface area contributed by atoms with Gasteiger partial charge in [0, 0.05) is 43.4 Å². The Kier molecular flexibility index (Phi) is 9.04. The highest BCUT2D eigenvalue weighted by molar-refractivity contribution is 7.11. The summed E-state index contributed by atoms with van der Waals surface area (Å²) in [7, 11) is 0. The molecule has 35 heavy (non-hydrogen) atoms. The van der Waals surface area contributed by atoms with Crippen LogP contribution >= 0.6 is 22.7 Å². The van der Waals surface area contributed by atoms with Gasteiger partial charge in [0.25, 0.3) is 5.91 Å². The van der Waals surface area contributed by atoms with Gasteiger partial charge in [-0.05, 0) is 63.8 Å². The van der Waals surface area contributed by atoms with Crippen molar-refractivity contribution >= 4 is 34.8 Å². The van der Waals surface area contributed by atoms with Crippen LogP contribution in [-0.4, -0.2) is 58.0 Å². The first kappa shape index (κ1) is 26.3. The number of carbonyl (C=O) groups is 1. The van der Waals surface area contributed by atoms with Gasteiger partial charge >= 0.3 is 6.18 Å². The average molecular weight is 528 g/mol. The fourth-order valence-electron chi connectivity index (χ4n) is 4.81. The third-order valence-electron chi connectivity index (χ3n) is 6.81. The predicted molar refractivity (Wildman–Crippen MR) is 132 cm³/mol. The van der Waals surface area contributed by atoms with Crippen LogP contribution in [0.25, 0.3) is 0 Å². The van der Waals surface area contributed by atoms with Crippen LogP contribution in [0.3, 0.4) is 0 Å². The molecular weight excluding hydrogens is 495 g/mol. The largest absolute Gasteiger partial charge is 0.389 e. The number of amides is 1. The van der Waals surface area contributed by atoms with Crippen molar-refractivity contribution in [3.05, 3.63) is 25.6 Å². The molecule has 3 heterocycles. The predicted octanol–water partition coefficient (Wildman–Crippen LogP) is 5.24. The van der Waals surface area contributed by atoms with Crippen LogP contribution in [0.4, 0.5) is 13.2 Å². The van der Waals surface area contributed by atoms with E-state index in [1.54, 1.807) is 0 Å². The molecule has 1 saturated carbocycles. The zero-order chi connectivity index (χ0) is 24.8. The van der Waals surface area contributed by atoms with Crippen molar-refractivity contribution in [2.24, 2.45) is 16.8 Å². The smallest absolute Gasteiger partial charge is 0.303 e. The maximum Gasteiger partial charge on any atom is 0.389 e. The first-order chi connectivity index (χ1) is 16.7. The average Bonchev–Trinajstić information content (AvgIpc) is 3.36. The van der Waals surface area contributed by atoms with Gasteiger partial charge in [0.15, 0.2) is 0 Å². The number of aliphatic imine (C=N–C) groups is 1. The van der Waals surface area contributed by atoms with Gasteiger partial charge in [0.2, 0.25) is 0 Å². The highest BCUT2D eigenvalue weighted by Gasteiger charge is 2.28. The van der Waals surface area contributed by atoms with Crippen molar-refractivity contribution in [1.82, 2.24) is 20.1 Å². The molecule has 192 valence electrons. The van der Waals surface area contributed by atoms with Crippen LogP contribution in [0.15, 0.2) is 4.99 Å². The number of hydrogen-bond donors (Lipinski definition) is 0. The van der Waals surface area contributed by atoms with Crippen LogP contribution in [0, 0.1) is 18.8 Å². The second-order valence-corrected chi connectivity index (χ2v) is 12.0. The molecule has 1 aliphatic carbocycles. The Morgan fingerprint density at radius 3 is 2.60 bits per heavy atom. The van der Waals surface area contributed by atoms with Gasteiger partial charge in [-0.15, -0.1) is 32.9 Å². The minimum Gasteiger partial charge on any atom is -0.303 e. The van der Waals surface area contributed by atoms with E-state index in [1.165, 1.54) is 27.6 Å². The fraction of sp³-hybridized carbons (Fsp3) is 0.708. The molecule has 0 atom stereocenters. The lowest BCUT2D eigenvalue weighted by Gasteiger charge is -2.28. The van der Waals surface area contributed by atoms with E-state index in [4.69, 9.17) is 0 Å². The maximum atomic E-state index is 12.5. The molecule has 2 aromatic rings. The summed E-state index contributed by atoms with van der Waals surface area (Å²) in [5.41, 5.74) is 1.00. The third kappa shape index (κ3) is 8.42. The fourth-order valence-corrected chi connectivity index (χ4v) is 6.61. The summed E-state index contributed by atoms with van der Waals surface area (Å²) in [6.45, 7) is 4.80. The van der Waals surface area contributed by atoms with E-state index < -0.39 is 12.6 Å². The molecule has 11 heteroatoms. The molecule has 2 aliphatic rings. The Morgan fingerprint density at radius 1 is 1.11 bits per heavy atom. The molecule has 4 rings (SSSR count). The third-order valence-corrected chi connectivity index (χ3v) is 8.87. The molecule has 0 saturated heterocycles. The molecule has 2 aromatic heterocycles. The van der Waals surface area contributed by atoms with E-state index in [2.05, 4.69) is 25.1 Å². The van der Waals surface area contributed by atoms with E-state index in [1.807, 2.05) is 13.1 Å². The first-order valence-electron chi connectivity index (χ1n) is 12.4. The number of halogens is 3. The maximum absolute atomic E-state index is 12.5. The number of nitrogens with zero attached hydrogens (tertiary/aromatic N) is 5. The van der Waals surface area contributed by atoms with Gasteiger partial charge in [-0.2, -0.15) is 13.2 Å². The number of rotatable bonds is 8. The first-order valence-corrected chi connectivity index (χ1v) is 14.0. The second-order valence-electron chi connectivity index (χ2n) is 9.57. The molecule has 0 radical (unpaired) electrons. The summed E-state index contributed by atoms with van der Waals surface area (Å²) < 4.78 is 37.5. The second kappa shape index (κ2) is 12.0. The van der Waals surface area contributed by atoms with E-state index >= 15 is 0 Å². The van der Waals surface area contributed by atoms with Crippen molar-refractivity contribution in [1.29, 1.82) is 0 Å². The zero-order valence-electron chi connectivity index (χ0n) is 20.0. The number of alkyl halides is 3. The number of thiazole rings is 1. The van der Waals surface area contributed by atoms with E-state index in [-0.39, 0.29) is 18.7 Å². The van der Waals surface area contributed by atoms with Gasteiger partial charge in [0.05, 0.1) is 17.1 Å². The van der Waals surface area contributed by atoms with Gasteiger partial charge in [-0.3, -0.25) is 4.79 Å². The zero-order valence-corrected chi connectivity index (χ0v) is 21.7. The van der Waals surface area contributed by atoms with Crippen LogP contribution < -0.4 is 0 Å². The minimum atomic E-state index is -4.12. The number of fused-ring (bicyclic) bond motifs is 1. The monoisotopic (exact) mass is 527 g/mol. The number of aryl methyl sites for hydroxylation is 2. The summed E-state index contributed by atoms with van der Waals surface area (Å²) in [5, 5.41) is 10.1. The molecule has 1 aliphatic heterocycles. The molecule has 0 aromatic carbocycles. The molecule has 0 N–H and O–H groups in total. The molecule has 6 nitrogen and oxygen atoms in total. The number of carbonyl (C=O) groups excluding carboxylic acids is 1. The van der Waals surface area contributed by atoms with E-state index in [0.717, 1.165) is 80.3 Å². The van der Waals surface area contributed by atoms with Crippen LogP contribution in [0.2, 0.25) is 0 Å². The molecular formula is C24H32F3N5OS2. The standard InChI is InChI=1S/C24H32F3N5OS2/c1-16-30-31-23(34-16)14-21(33)28-15-18-4-2-17(3-5-18)7-11-32-12-8-19-20(9-13-32)35-22(29-19)6-10-24(25,26)27/h15,17-18H,2-14H2,1H3. The summed E-state index contributed by atoms with van der Waals surface area (Å²) in [4.78, 5) is 24.4. The Morgan fingerprint density at radius 2 is 1.89 bits per heavy atom. The highest BCUT2D eigenvalue weighted by atomic mass is 32.1. The van der Waals surface area contributed by atoms with E-state index in [9.17, 15) is 18.0 Å². The minimum absolute atomic E-state index is 0.00452. The Balaban J connectivity index is 1.13. The summed E-state index contributed by atoms with van der Waals surface area (Å²) >= 11 is 2.90. The van der Waals surface area contributed by atoms with Crippen molar-refractivity contribution in [2.75, 3.05) is 19.6 Å². The van der Waals surface area contributed by atoms with Crippen molar-refractivity contribution < 1.29 is 18.0 Å². The lowest BCUT2D eigenvalue weighted by molar-refractivity contribution is -0.134. The van der Waals surface area contributed by atoms with Crippen molar-refractivity contribution in [3.8, 4) is 0 Å².